The van der Waals surface area contributed by atoms with E-state index in [0.717, 1.165) is 25.2 Å². The fraction of sp³-hybridized carbons (Fsp3) is 0.800. The maximum atomic E-state index is 12.0. The molecule has 0 N–H and O–H groups in total. The fourth-order valence-corrected chi connectivity index (χ4v) is 8.10. The summed E-state index contributed by atoms with van der Waals surface area (Å²) < 4.78 is 5.36. The predicted molar refractivity (Wildman–Crippen MR) is 111 cm³/mol. The minimum atomic E-state index is -0.645. The van der Waals surface area contributed by atoms with Crippen molar-refractivity contribution in [3.05, 3.63) is 11.6 Å². The second kappa shape index (κ2) is 7.25. The van der Waals surface area contributed by atoms with Gasteiger partial charge in [-0.2, -0.15) is 5.26 Å². The zero-order valence-corrected chi connectivity index (χ0v) is 18.4. The summed E-state index contributed by atoms with van der Waals surface area (Å²) in [5.74, 6) is 2.53. The number of allylic oxidation sites excluding steroid dienone is 1. The normalized spacial score (nSPS) is 43.1. The second-order valence-electron chi connectivity index (χ2n) is 10.7. The molecule has 0 aliphatic heterocycles. The first-order valence-corrected chi connectivity index (χ1v) is 11.5. The van der Waals surface area contributed by atoms with Gasteiger partial charge in [0.05, 0.1) is 0 Å². The number of esters is 1. The molecule has 0 aromatic rings. The van der Waals surface area contributed by atoms with Crippen LogP contribution in [-0.2, 0) is 14.3 Å². The molecule has 0 aromatic carbocycles. The standard InChI is InChI=1S/C25H35NO3/c1-15(23(14-26)29-16(2)27)20-7-8-21-19-6-5-17-13-18(28)9-11-24(17,3)22(19)10-12-25(20,21)4/h13,15,19-23H,5-12H2,1-4H3/t15-,19-,20+,21-,22-,23+,24-,25+/m0/s1. The lowest BCUT2D eigenvalue weighted by Gasteiger charge is -2.58. The molecule has 4 rings (SSSR count). The Balaban J connectivity index is 1.58. The number of nitrogens with zero attached hydrogens (tertiary/aromatic N) is 1. The van der Waals surface area contributed by atoms with E-state index in [1.807, 2.05) is 6.08 Å². The zero-order valence-electron chi connectivity index (χ0n) is 18.4. The summed E-state index contributed by atoms with van der Waals surface area (Å²) in [7, 11) is 0. The highest BCUT2D eigenvalue weighted by atomic mass is 16.5. The van der Waals surface area contributed by atoms with Crippen LogP contribution in [0.25, 0.3) is 0 Å². The molecule has 4 nitrogen and oxygen atoms in total. The number of ketones is 1. The van der Waals surface area contributed by atoms with Gasteiger partial charge < -0.3 is 4.74 Å². The van der Waals surface area contributed by atoms with Crippen LogP contribution in [0.15, 0.2) is 11.6 Å². The van der Waals surface area contributed by atoms with Crippen molar-refractivity contribution in [3.63, 3.8) is 0 Å². The molecule has 29 heavy (non-hydrogen) atoms. The van der Waals surface area contributed by atoms with E-state index in [2.05, 4.69) is 26.8 Å². The maximum absolute atomic E-state index is 12.0. The predicted octanol–water partition coefficient (Wildman–Crippen LogP) is 5.23. The summed E-state index contributed by atoms with van der Waals surface area (Å²) in [4.78, 5) is 23.5. The minimum absolute atomic E-state index is 0.0670. The van der Waals surface area contributed by atoms with Crippen molar-refractivity contribution in [3.8, 4) is 6.07 Å². The van der Waals surface area contributed by atoms with Gasteiger partial charge in [-0.05, 0) is 85.5 Å². The Bertz CT molecular complexity index is 779. The topological polar surface area (TPSA) is 67.2 Å². The van der Waals surface area contributed by atoms with E-state index in [9.17, 15) is 14.9 Å². The number of nitriles is 1. The molecular weight excluding hydrogens is 362 g/mol. The van der Waals surface area contributed by atoms with E-state index < -0.39 is 6.10 Å². The highest BCUT2D eigenvalue weighted by Gasteiger charge is 2.60. The SMILES string of the molecule is CC(=O)O[C@H](C#N)[C@@H](C)[C@H]1CC[C@H]2[C@@H]3CCC4=CC(=O)CC[C@]4(C)[C@H]3CC[C@]12C. The number of carbonyl (C=O) groups excluding carboxylic acids is 2. The van der Waals surface area contributed by atoms with E-state index in [1.54, 1.807) is 0 Å². The average Bonchev–Trinajstić information content (AvgIpc) is 3.03. The molecule has 3 saturated carbocycles. The molecule has 0 bridgehead atoms. The Kier molecular flexibility index (Phi) is 5.16. The van der Waals surface area contributed by atoms with Crippen molar-refractivity contribution in [1.29, 1.82) is 5.26 Å². The molecule has 0 radical (unpaired) electrons. The monoisotopic (exact) mass is 397 g/mol. The number of ether oxygens (including phenoxy) is 1. The molecule has 3 fully saturated rings. The van der Waals surface area contributed by atoms with Crippen molar-refractivity contribution < 1.29 is 14.3 Å². The van der Waals surface area contributed by atoms with Crippen molar-refractivity contribution in [2.45, 2.75) is 85.2 Å². The molecule has 0 amide bonds. The smallest absolute Gasteiger partial charge is 0.303 e. The third-order valence-electron chi connectivity index (χ3n) is 9.57. The van der Waals surface area contributed by atoms with E-state index in [1.165, 1.54) is 38.2 Å². The zero-order chi connectivity index (χ0) is 21.0. The van der Waals surface area contributed by atoms with Gasteiger partial charge in [0.1, 0.15) is 6.07 Å². The summed E-state index contributed by atoms with van der Waals surface area (Å²) in [6.07, 6.45) is 10.1. The number of fused-ring (bicyclic) bond motifs is 5. The van der Waals surface area contributed by atoms with Crippen molar-refractivity contribution >= 4 is 11.8 Å². The summed E-state index contributed by atoms with van der Waals surface area (Å²) in [5.41, 5.74) is 1.84. The lowest BCUT2D eigenvalue weighted by atomic mass is 9.46. The Morgan fingerprint density at radius 1 is 1.17 bits per heavy atom. The van der Waals surface area contributed by atoms with Crippen molar-refractivity contribution in [1.82, 2.24) is 0 Å². The molecule has 0 spiro atoms. The molecule has 4 aliphatic carbocycles. The quantitative estimate of drug-likeness (QED) is 0.612. The summed E-state index contributed by atoms with van der Waals surface area (Å²) in [5, 5.41) is 9.60. The van der Waals surface area contributed by atoms with Crippen LogP contribution < -0.4 is 0 Å². The molecule has 0 saturated heterocycles. The second-order valence-corrected chi connectivity index (χ2v) is 10.7. The molecule has 4 aliphatic rings. The van der Waals surface area contributed by atoms with Gasteiger partial charge in [0, 0.05) is 19.3 Å². The van der Waals surface area contributed by atoms with E-state index in [0.29, 0.717) is 30.0 Å². The highest BCUT2D eigenvalue weighted by molar-refractivity contribution is 5.91. The van der Waals surface area contributed by atoms with Crippen LogP contribution in [0.3, 0.4) is 0 Å². The van der Waals surface area contributed by atoms with Gasteiger partial charge in [-0.15, -0.1) is 0 Å². The van der Waals surface area contributed by atoms with Gasteiger partial charge in [-0.25, -0.2) is 0 Å². The average molecular weight is 398 g/mol. The van der Waals surface area contributed by atoms with Crippen LogP contribution in [0, 0.1) is 51.8 Å². The van der Waals surface area contributed by atoms with Gasteiger partial charge in [0.2, 0.25) is 0 Å². The number of hydrogen-bond donors (Lipinski definition) is 0. The molecule has 4 heteroatoms. The minimum Gasteiger partial charge on any atom is -0.447 e. The number of rotatable bonds is 3. The van der Waals surface area contributed by atoms with Gasteiger partial charge in [0.15, 0.2) is 11.9 Å². The number of hydrogen-bond acceptors (Lipinski definition) is 4. The Morgan fingerprint density at radius 2 is 1.93 bits per heavy atom. The van der Waals surface area contributed by atoms with Crippen LogP contribution in [0.1, 0.15) is 79.1 Å². The van der Waals surface area contributed by atoms with Gasteiger partial charge in [-0.1, -0.05) is 26.3 Å². The molecule has 158 valence electrons. The fourth-order valence-electron chi connectivity index (χ4n) is 8.10. The van der Waals surface area contributed by atoms with Crippen LogP contribution >= 0.6 is 0 Å². The molecule has 0 heterocycles. The van der Waals surface area contributed by atoms with E-state index in [-0.39, 0.29) is 22.7 Å². The molecular formula is C25H35NO3. The third-order valence-corrected chi connectivity index (χ3v) is 9.57. The molecule has 0 unspecified atom stereocenters. The molecule has 0 aromatic heterocycles. The first-order valence-electron chi connectivity index (χ1n) is 11.5. The summed E-state index contributed by atoms with van der Waals surface area (Å²) >= 11 is 0. The Morgan fingerprint density at radius 3 is 2.62 bits per heavy atom. The summed E-state index contributed by atoms with van der Waals surface area (Å²) in [6, 6.07) is 2.24. The Hall–Kier alpha value is -1.63. The Labute approximate surface area is 175 Å². The first-order chi connectivity index (χ1) is 13.7. The van der Waals surface area contributed by atoms with Gasteiger partial charge in [0.25, 0.3) is 0 Å². The third kappa shape index (κ3) is 3.16. The van der Waals surface area contributed by atoms with Crippen LogP contribution in [0.5, 0.6) is 0 Å². The van der Waals surface area contributed by atoms with Crippen LogP contribution in [0.2, 0.25) is 0 Å². The maximum Gasteiger partial charge on any atom is 0.303 e. The van der Waals surface area contributed by atoms with Crippen molar-refractivity contribution in [2.24, 2.45) is 40.4 Å². The highest BCUT2D eigenvalue weighted by Crippen LogP contribution is 2.67. The number of carbonyl (C=O) groups is 2. The van der Waals surface area contributed by atoms with Crippen LogP contribution in [-0.4, -0.2) is 17.9 Å². The lowest BCUT2D eigenvalue weighted by Crippen LogP contribution is -2.51. The van der Waals surface area contributed by atoms with Gasteiger partial charge in [-0.3, -0.25) is 9.59 Å². The summed E-state index contributed by atoms with van der Waals surface area (Å²) in [6.45, 7) is 8.37. The van der Waals surface area contributed by atoms with Crippen molar-refractivity contribution in [2.75, 3.05) is 0 Å². The largest absolute Gasteiger partial charge is 0.447 e. The van der Waals surface area contributed by atoms with Crippen LogP contribution in [0.4, 0.5) is 0 Å². The first kappa shape index (κ1) is 20.6. The van der Waals surface area contributed by atoms with Gasteiger partial charge >= 0.3 is 5.97 Å². The lowest BCUT2D eigenvalue weighted by molar-refractivity contribution is -0.148. The van der Waals surface area contributed by atoms with E-state index >= 15 is 0 Å². The van der Waals surface area contributed by atoms with E-state index in [4.69, 9.17) is 4.74 Å². The molecule has 8 atom stereocenters.